The lowest BCUT2D eigenvalue weighted by molar-refractivity contribution is 0.182. The molecule has 0 aliphatic carbocycles. The molecule has 2 N–H and O–H groups in total. The molecule has 33 heavy (non-hydrogen) atoms. The summed E-state index contributed by atoms with van der Waals surface area (Å²) in [6.07, 6.45) is 8.59. The Kier molecular flexibility index (Phi) is 7.34. The van der Waals surface area contributed by atoms with E-state index < -0.39 is 12.2 Å². The van der Waals surface area contributed by atoms with Crippen LogP contribution < -0.4 is 0 Å². The first-order valence-electron chi connectivity index (χ1n) is 10.4. The number of pyridine rings is 2. The van der Waals surface area contributed by atoms with Crippen LogP contribution in [0.2, 0.25) is 0 Å². The molecule has 164 valence electrons. The Hall–Kier alpha value is -3.26. The third kappa shape index (κ3) is 5.76. The van der Waals surface area contributed by atoms with Crippen LogP contribution in [0, 0.1) is 24.2 Å². The van der Waals surface area contributed by atoms with Crippen LogP contribution in [0.5, 0.6) is 0 Å². The summed E-state index contributed by atoms with van der Waals surface area (Å²) in [6, 6.07) is 15.3. The SMILES string of the molecule is C#Cc1ccc(C(O)Cc2ccnc(-c3cc(CC(O)c4ccc(C#CC)s4)ccn3)c2)s1. The van der Waals surface area contributed by atoms with Gasteiger partial charge in [-0.25, -0.2) is 0 Å². The van der Waals surface area contributed by atoms with E-state index >= 15 is 0 Å². The van der Waals surface area contributed by atoms with Crippen LogP contribution in [0.1, 0.15) is 49.8 Å². The number of hydrogen-bond donors (Lipinski definition) is 2. The molecule has 4 nitrogen and oxygen atoms in total. The van der Waals surface area contributed by atoms with Crippen LogP contribution in [0.25, 0.3) is 11.4 Å². The summed E-state index contributed by atoms with van der Waals surface area (Å²) < 4.78 is 0. The Morgan fingerprint density at radius 1 is 0.818 bits per heavy atom. The maximum atomic E-state index is 10.7. The molecule has 6 heteroatoms. The van der Waals surface area contributed by atoms with Gasteiger partial charge in [-0.1, -0.05) is 11.8 Å². The topological polar surface area (TPSA) is 66.2 Å². The molecule has 4 heterocycles. The first-order chi connectivity index (χ1) is 16.1. The summed E-state index contributed by atoms with van der Waals surface area (Å²) in [4.78, 5) is 12.4. The van der Waals surface area contributed by atoms with Gasteiger partial charge in [0.05, 0.1) is 33.4 Å². The Balaban J connectivity index is 1.48. The van der Waals surface area contributed by atoms with Gasteiger partial charge in [-0.05, 0) is 66.6 Å². The maximum Gasteiger partial charge on any atom is 0.0922 e. The summed E-state index contributed by atoms with van der Waals surface area (Å²) in [5.41, 5.74) is 3.38. The molecule has 0 spiro atoms. The third-order valence-corrected chi connectivity index (χ3v) is 7.29. The minimum Gasteiger partial charge on any atom is -0.387 e. The Morgan fingerprint density at radius 2 is 1.33 bits per heavy atom. The van der Waals surface area contributed by atoms with Crippen molar-refractivity contribution in [3.8, 4) is 35.6 Å². The summed E-state index contributed by atoms with van der Waals surface area (Å²) in [5.74, 6) is 8.50. The van der Waals surface area contributed by atoms with Crippen molar-refractivity contribution in [2.75, 3.05) is 0 Å². The number of nitrogens with zero attached hydrogens (tertiary/aromatic N) is 2. The van der Waals surface area contributed by atoms with E-state index in [1.807, 2.05) is 48.5 Å². The van der Waals surface area contributed by atoms with E-state index in [-0.39, 0.29) is 0 Å². The second-order valence-corrected chi connectivity index (χ2v) is 9.69. The molecule has 0 amide bonds. The van der Waals surface area contributed by atoms with E-state index in [4.69, 9.17) is 6.42 Å². The second kappa shape index (κ2) is 10.6. The van der Waals surface area contributed by atoms with Gasteiger partial charge in [0.2, 0.25) is 0 Å². The Labute approximate surface area is 201 Å². The van der Waals surface area contributed by atoms with Crippen molar-refractivity contribution in [2.24, 2.45) is 0 Å². The summed E-state index contributed by atoms with van der Waals surface area (Å²) in [5, 5.41) is 21.3. The maximum absolute atomic E-state index is 10.7. The quantitative estimate of drug-likeness (QED) is 0.366. The molecule has 4 aromatic heterocycles. The zero-order valence-corrected chi connectivity index (χ0v) is 19.7. The summed E-state index contributed by atoms with van der Waals surface area (Å²) in [6.45, 7) is 1.80. The van der Waals surface area contributed by atoms with Gasteiger partial charge in [0.15, 0.2) is 0 Å². The van der Waals surface area contributed by atoms with Gasteiger partial charge in [0.25, 0.3) is 0 Å². The van der Waals surface area contributed by atoms with Gasteiger partial charge in [0, 0.05) is 35.0 Å². The lowest BCUT2D eigenvalue weighted by Crippen LogP contribution is -2.02. The molecule has 0 fully saturated rings. The van der Waals surface area contributed by atoms with E-state index in [0.717, 1.165) is 42.0 Å². The number of hydrogen-bond acceptors (Lipinski definition) is 6. The van der Waals surface area contributed by atoms with Gasteiger partial charge in [-0.15, -0.1) is 35.0 Å². The highest BCUT2D eigenvalue weighted by atomic mass is 32.1. The first kappa shape index (κ1) is 22.9. The number of aromatic nitrogens is 2. The van der Waals surface area contributed by atoms with Crippen molar-refractivity contribution >= 4 is 22.7 Å². The smallest absolute Gasteiger partial charge is 0.0922 e. The monoisotopic (exact) mass is 470 g/mol. The minimum atomic E-state index is -0.630. The Bertz CT molecular complexity index is 1350. The molecule has 0 aromatic carbocycles. The van der Waals surface area contributed by atoms with Gasteiger partial charge >= 0.3 is 0 Å². The van der Waals surface area contributed by atoms with Gasteiger partial charge in [0.1, 0.15) is 0 Å². The predicted molar refractivity (Wildman–Crippen MR) is 134 cm³/mol. The minimum absolute atomic E-state index is 0.458. The molecule has 0 radical (unpaired) electrons. The van der Waals surface area contributed by atoms with Crippen LogP contribution >= 0.6 is 22.7 Å². The summed E-state index contributed by atoms with van der Waals surface area (Å²) >= 11 is 2.94. The van der Waals surface area contributed by atoms with Crippen molar-refractivity contribution in [2.45, 2.75) is 32.0 Å². The van der Waals surface area contributed by atoms with Crippen molar-refractivity contribution in [3.05, 3.63) is 91.6 Å². The largest absolute Gasteiger partial charge is 0.387 e. The molecule has 0 saturated heterocycles. The molecule has 4 aromatic rings. The van der Waals surface area contributed by atoms with Crippen LogP contribution in [-0.2, 0) is 12.8 Å². The number of terminal acetylenes is 1. The van der Waals surface area contributed by atoms with E-state index in [1.54, 1.807) is 19.3 Å². The van der Waals surface area contributed by atoms with Crippen LogP contribution in [0.15, 0.2) is 60.9 Å². The number of thiophene rings is 2. The molecule has 0 aliphatic rings. The fourth-order valence-electron chi connectivity index (χ4n) is 3.46. The lowest BCUT2D eigenvalue weighted by atomic mass is 10.0. The molecule has 2 atom stereocenters. The second-order valence-electron chi connectivity index (χ2n) is 7.46. The molecule has 0 saturated carbocycles. The molecule has 0 aliphatic heterocycles. The molecule has 0 bridgehead atoms. The van der Waals surface area contributed by atoms with Crippen LogP contribution in [0.3, 0.4) is 0 Å². The zero-order chi connectivity index (χ0) is 23.2. The average Bonchev–Trinajstić information content (AvgIpc) is 3.50. The first-order valence-corrected chi connectivity index (χ1v) is 12.0. The molecular weight excluding hydrogens is 448 g/mol. The van der Waals surface area contributed by atoms with Gasteiger partial charge < -0.3 is 10.2 Å². The molecule has 2 unspecified atom stereocenters. The standard InChI is InChI=1S/C27H22N2O2S2/c1-3-5-21-7-9-27(33-21)25(31)17-19-11-13-29-23(15-19)22-14-18(10-12-28-22)16-24(30)26-8-6-20(4-2)32-26/h2,6-15,24-25,30-31H,16-17H2,1H3. The normalized spacial score (nSPS) is 12.4. The van der Waals surface area contributed by atoms with Crippen LogP contribution in [-0.4, -0.2) is 20.2 Å². The number of aliphatic hydroxyl groups is 2. The van der Waals surface area contributed by atoms with Crippen molar-refractivity contribution in [1.82, 2.24) is 9.97 Å². The highest BCUT2D eigenvalue weighted by Gasteiger charge is 2.14. The number of rotatable bonds is 7. The van der Waals surface area contributed by atoms with Gasteiger partial charge in [-0.3, -0.25) is 9.97 Å². The fourth-order valence-corrected chi connectivity index (χ4v) is 5.17. The van der Waals surface area contributed by atoms with Crippen molar-refractivity contribution < 1.29 is 10.2 Å². The van der Waals surface area contributed by atoms with E-state index in [9.17, 15) is 10.2 Å². The van der Waals surface area contributed by atoms with E-state index in [1.165, 1.54) is 22.7 Å². The highest BCUT2D eigenvalue weighted by molar-refractivity contribution is 7.12. The van der Waals surface area contributed by atoms with Crippen molar-refractivity contribution in [1.29, 1.82) is 0 Å². The predicted octanol–water partition coefficient (Wildman–Crippen LogP) is 5.17. The summed E-state index contributed by atoms with van der Waals surface area (Å²) in [7, 11) is 0. The van der Waals surface area contributed by atoms with Crippen molar-refractivity contribution in [3.63, 3.8) is 0 Å². The van der Waals surface area contributed by atoms with E-state index in [0.29, 0.717) is 12.8 Å². The highest BCUT2D eigenvalue weighted by Crippen LogP contribution is 2.28. The Morgan fingerprint density at radius 3 is 1.82 bits per heavy atom. The third-order valence-electron chi connectivity index (χ3n) is 5.07. The van der Waals surface area contributed by atoms with E-state index in [2.05, 4.69) is 27.7 Å². The molecule has 4 rings (SSSR count). The fraction of sp³-hybridized carbons (Fsp3) is 0.185. The van der Waals surface area contributed by atoms with Gasteiger partial charge in [-0.2, -0.15) is 0 Å². The lowest BCUT2D eigenvalue weighted by Gasteiger charge is -2.11. The average molecular weight is 471 g/mol. The number of aliphatic hydroxyl groups excluding tert-OH is 2. The van der Waals surface area contributed by atoms with Crippen LogP contribution in [0.4, 0.5) is 0 Å². The molecular formula is C27H22N2O2S2. The zero-order valence-electron chi connectivity index (χ0n) is 18.0.